The topological polar surface area (TPSA) is 135 Å². The molecular formula is C36H30ClN3O7S2. The fourth-order valence-corrected chi connectivity index (χ4v) is 11.3. The van der Waals surface area contributed by atoms with Gasteiger partial charge >= 0.3 is 10.8 Å². The van der Waals surface area contributed by atoms with Crippen molar-refractivity contribution in [1.29, 1.82) is 0 Å². The number of carbonyl (C=O) groups is 4. The Labute approximate surface area is 294 Å². The molecule has 4 aliphatic rings. The first-order valence-electron chi connectivity index (χ1n) is 16.0. The first-order valence-corrected chi connectivity index (χ1v) is 18.1. The molecule has 49 heavy (non-hydrogen) atoms. The molecule has 10 nitrogen and oxygen atoms in total. The number of esters is 1. The molecule has 7 atom stereocenters. The number of amides is 3. The van der Waals surface area contributed by atoms with Crippen molar-refractivity contribution in [2.24, 2.45) is 29.6 Å². The lowest BCUT2D eigenvalue weighted by Crippen LogP contribution is -2.42. The van der Waals surface area contributed by atoms with Crippen LogP contribution in [0.4, 0.5) is 11.4 Å². The van der Waals surface area contributed by atoms with E-state index in [0.717, 1.165) is 33.2 Å². The third kappa shape index (κ3) is 5.37. The second-order valence-corrected chi connectivity index (χ2v) is 15.3. The number of para-hydroxylation sites is 1. The van der Waals surface area contributed by atoms with Gasteiger partial charge in [0.15, 0.2) is 6.61 Å². The van der Waals surface area contributed by atoms with Crippen molar-refractivity contribution in [2.75, 3.05) is 23.4 Å². The summed E-state index contributed by atoms with van der Waals surface area (Å²) < 4.78 is 11.2. The van der Waals surface area contributed by atoms with Gasteiger partial charge in [-0.25, -0.2) is 4.79 Å². The first kappa shape index (κ1) is 31.9. The summed E-state index contributed by atoms with van der Waals surface area (Å²) in [7, 11) is 0. The van der Waals surface area contributed by atoms with Gasteiger partial charge in [-0.2, -0.15) is 0 Å². The maximum Gasteiger partial charge on any atom is 0.338 e. The van der Waals surface area contributed by atoms with E-state index in [0.29, 0.717) is 27.7 Å². The number of rotatable bonds is 8. The number of nitrogens with zero attached hydrogens (tertiary/aromatic N) is 1. The molecule has 4 unspecified atom stereocenters. The molecule has 2 bridgehead atoms. The molecule has 3 aromatic carbocycles. The highest BCUT2D eigenvalue weighted by Crippen LogP contribution is 2.69. The lowest BCUT2D eigenvalue weighted by molar-refractivity contribution is -0.123. The number of imide groups is 1. The number of halogens is 1. The number of aromatic amines is 1. The minimum Gasteiger partial charge on any atom is -0.483 e. The maximum atomic E-state index is 14.0. The molecule has 250 valence electrons. The fraction of sp³-hybridized carbons (Fsp3) is 0.306. The Morgan fingerprint density at radius 2 is 1.67 bits per heavy atom. The fourth-order valence-electron chi connectivity index (χ4n) is 8.32. The van der Waals surface area contributed by atoms with Crippen molar-refractivity contribution >= 4 is 69.8 Å². The second-order valence-electron chi connectivity index (χ2n) is 12.6. The van der Waals surface area contributed by atoms with Crippen molar-refractivity contribution in [3.63, 3.8) is 0 Å². The molecule has 0 radical (unpaired) electrons. The summed E-state index contributed by atoms with van der Waals surface area (Å²) in [6.45, 7) is 1.73. The number of H-pyrrole nitrogens is 1. The van der Waals surface area contributed by atoms with Gasteiger partial charge in [0.25, 0.3) is 5.91 Å². The molecule has 1 aromatic heterocycles. The van der Waals surface area contributed by atoms with Crippen LogP contribution in [0.25, 0.3) is 0 Å². The van der Waals surface area contributed by atoms with Crippen LogP contribution in [0.3, 0.4) is 0 Å². The first-order chi connectivity index (χ1) is 23.7. The number of hydrogen-bond donors (Lipinski definition) is 2. The Kier molecular flexibility index (Phi) is 8.12. The van der Waals surface area contributed by atoms with Crippen LogP contribution in [0.15, 0.2) is 82.6 Å². The van der Waals surface area contributed by atoms with Crippen LogP contribution < -0.4 is 19.8 Å². The molecule has 0 spiro atoms. The van der Waals surface area contributed by atoms with E-state index in [4.69, 9.17) is 21.1 Å². The van der Waals surface area contributed by atoms with Crippen LogP contribution >= 0.6 is 34.7 Å². The van der Waals surface area contributed by atoms with Crippen LogP contribution in [0, 0.1) is 29.6 Å². The second kappa shape index (κ2) is 12.5. The highest BCUT2D eigenvalue weighted by atomic mass is 35.5. The zero-order valence-electron chi connectivity index (χ0n) is 26.1. The third-order valence-electron chi connectivity index (χ3n) is 10.1. The van der Waals surface area contributed by atoms with Crippen molar-refractivity contribution in [2.45, 2.75) is 29.5 Å². The Bertz CT molecular complexity index is 2050. The molecule has 2 saturated carbocycles. The van der Waals surface area contributed by atoms with Gasteiger partial charge in [0, 0.05) is 32.3 Å². The van der Waals surface area contributed by atoms with Gasteiger partial charge in [0.1, 0.15) is 5.75 Å². The van der Waals surface area contributed by atoms with Crippen LogP contribution in [0.2, 0.25) is 5.02 Å². The zero-order valence-corrected chi connectivity index (χ0v) is 28.5. The van der Waals surface area contributed by atoms with Gasteiger partial charge in [0.2, 0.25) is 11.8 Å². The van der Waals surface area contributed by atoms with Crippen LogP contribution in [-0.2, 0) is 19.1 Å². The van der Waals surface area contributed by atoms with Gasteiger partial charge in [-0.05, 0) is 85.7 Å². The summed E-state index contributed by atoms with van der Waals surface area (Å²) in [5.41, 5.74) is 2.24. The van der Waals surface area contributed by atoms with Crippen molar-refractivity contribution in [3.05, 3.63) is 103 Å². The molecule has 2 aliphatic carbocycles. The molecule has 3 heterocycles. The van der Waals surface area contributed by atoms with Gasteiger partial charge in [-0.3, -0.25) is 24.1 Å². The predicted octanol–water partition coefficient (Wildman–Crippen LogP) is 5.96. The molecule has 1 saturated heterocycles. The lowest BCUT2D eigenvalue weighted by atomic mass is 9.68. The molecule has 2 aliphatic heterocycles. The molecule has 8 rings (SSSR count). The Balaban J connectivity index is 1.06. The minimum atomic E-state index is -0.455. The van der Waals surface area contributed by atoms with Gasteiger partial charge in [-0.15, -0.1) is 11.8 Å². The van der Waals surface area contributed by atoms with E-state index in [1.807, 2.05) is 24.3 Å². The molecule has 3 amide bonds. The molecule has 2 N–H and O–H groups in total. The van der Waals surface area contributed by atoms with Crippen molar-refractivity contribution < 1.29 is 28.7 Å². The van der Waals surface area contributed by atoms with Crippen molar-refractivity contribution in [3.8, 4) is 5.75 Å². The average Bonchev–Trinajstić information content (AvgIpc) is 3.84. The Hall–Kier alpha value is -4.39. The highest BCUT2D eigenvalue weighted by molar-refractivity contribution is 8.00. The SMILES string of the molecule is CCOC(=O)c1ccc(NC(=O)COc2ccccc2[C@H]2c3sc(=O)[nH]c3SC3C2[C@H]2C[C@@H]3C3C(=O)N(c4ccc(Cl)cc4)C(=O)C32)cc1. The number of fused-ring (bicyclic) bond motifs is 9. The number of aromatic nitrogens is 1. The lowest BCUT2D eigenvalue weighted by Gasteiger charge is -2.43. The van der Waals surface area contributed by atoms with Gasteiger partial charge < -0.3 is 19.8 Å². The van der Waals surface area contributed by atoms with E-state index >= 15 is 0 Å². The quantitative estimate of drug-likeness (QED) is 0.169. The van der Waals surface area contributed by atoms with Crippen molar-refractivity contribution in [1.82, 2.24) is 4.98 Å². The number of hydrogen-bond acceptors (Lipinski definition) is 9. The summed E-state index contributed by atoms with van der Waals surface area (Å²) in [6.07, 6.45) is 0.750. The third-order valence-corrected chi connectivity index (χ3v) is 12.9. The largest absolute Gasteiger partial charge is 0.483 e. The highest BCUT2D eigenvalue weighted by Gasteiger charge is 2.69. The number of thiazole rings is 1. The number of nitrogens with one attached hydrogen (secondary N) is 2. The Morgan fingerprint density at radius 3 is 2.41 bits per heavy atom. The predicted molar refractivity (Wildman–Crippen MR) is 185 cm³/mol. The number of anilines is 2. The molecule has 13 heteroatoms. The average molecular weight is 716 g/mol. The van der Waals surface area contributed by atoms with E-state index in [2.05, 4.69) is 10.3 Å². The molecular weight excluding hydrogens is 686 g/mol. The van der Waals surface area contributed by atoms with E-state index in [-0.39, 0.29) is 64.7 Å². The molecule has 4 aromatic rings. The summed E-state index contributed by atoms with van der Waals surface area (Å²) in [5, 5.41) is 4.11. The number of ether oxygens (including phenoxy) is 2. The molecule has 3 fully saturated rings. The van der Waals surface area contributed by atoms with E-state index in [1.165, 1.54) is 4.90 Å². The zero-order chi connectivity index (χ0) is 34.0. The van der Waals surface area contributed by atoms with Crippen LogP contribution in [-0.4, -0.2) is 47.1 Å². The van der Waals surface area contributed by atoms with Crippen LogP contribution in [0.5, 0.6) is 5.75 Å². The Morgan fingerprint density at radius 1 is 0.959 bits per heavy atom. The number of benzene rings is 3. The summed E-state index contributed by atoms with van der Waals surface area (Å²) in [5.74, 6) is -1.97. The van der Waals surface area contributed by atoms with Crippen LogP contribution in [0.1, 0.15) is 40.1 Å². The summed E-state index contributed by atoms with van der Waals surface area (Å²) in [4.78, 5) is 70.7. The standard InChI is InChI=1S/C36H30ClN3O7S2/c1-2-46-35(44)17-7-11-19(12-8-17)38-25(41)16-47-24-6-4-3-5-21(24)26-27-22-15-23(30(27)48-32-31(26)49-36(45)39-32)29-28(22)33(42)40(34(29)43)20-13-9-18(37)10-14-20/h3-14,22-23,26-30H,2,15-16H2,1H3,(H,38,41)(H,39,45)/t22-,23-,26-,27?,28?,29?,30?/m1/s1. The maximum absolute atomic E-state index is 14.0. The van der Waals surface area contributed by atoms with E-state index in [9.17, 15) is 24.0 Å². The smallest absolute Gasteiger partial charge is 0.338 e. The minimum absolute atomic E-state index is 0.00449. The summed E-state index contributed by atoms with van der Waals surface area (Å²) >= 11 is 8.87. The number of thioether (sulfide) groups is 1. The van der Waals surface area contributed by atoms with Gasteiger partial charge in [-0.1, -0.05) is 41.1 Å². The van der Waals surface area contributed by atoms with Gasteiger partial charge in [0.05, 0.1) is 34.7 Å². The number of carbonyl (C=O) groups excluding carboxylic acids is 4. The summed E-state index contributed by atoms with van der Waals surface area (Å²) in [6, 6.07) is 20.7. The van der Waals surface area contributed by atoms with E-state index < -0.39 is 17.8 Å². The monoisotopic (exact) mass is 715 g/mol. The normalized spacial score (nSPS) is 26.2. The van der Waals surface area contributed by atoms with E-state index in [1.54, 1.807) is 67.2 Å².